The van der Waals surface area contributed by atoms with Gasteiger partial charge in [-0.25, -0.2) is 9.18 Å². The lowest BCUT2D eigenvalue weighted by Crippen LogP contribution is -2.17. The van der Waals surface area contributed by atoms with Gasteiger partial charge in [0.1, 0.15) is 11.6 Å². The van der Waals surface area contributed by atoms with Gasteiger partial charge in [-0.2, -0.15) is 0 Å². The SMILES string of the molecule is CCOC(=O)c1ccc(F)cc1-c1ccc2c(c1O)CCC(Cc1ccccc1)C2. The molecule has 0 radical (unpaired) electrons. The minimum Gasteiger partial charge on any atom is -0.507 e. The van der Waals surface area contributed by atoms with Crippen molar-refractivity contribution in [1.29, 1.82) is 0 Å². The molecule has 3 aromatic rings. The van der Waals surface area contributed by atoms with Crippen molar-refractivity contribution in [2.45, 2.75) is 32.6 Å². The first-order valence-electron chi connectivity index (χ1n) is 10.4. The number of hydrogen-bond donors (Lipinski definition) is 1. The summed E-state index contributed by atoms with van der Waals surface area (Å²) < 4.78 is 19.1. The standard InChI is InChI=1S/C26H25FO3/c1-2-30-26(29)23-13-10-20(27)16-24(23)22-12-9-19-15-18(8-11-21(19)25(22)28)14-17-6-4-3-5-7-17/h3-7,9-10,12-13,16,18,28H,2,8,11,14-15H2,1H3. The van der Waals surface area contributed by atoms with Gasteiger partial charge in [0, 0.05) is 11.1 Å². The van der Waals surface area contributed by atoms with E-state index in [0.29, 0.717) is 17.0 Å². The van der Waals surface area contributed by atoms with Gasteiger partial charge < -0.3 is 9.84 Å². The third-order valence-corrected chi connectivity index (χ3v) is 5.83. The second kappa shape index (κ2) is 8.70. The van der Waals surface area contributed by atoms with Crippen LogP contribution in [-0.2, 0) is 24.0 Å². The highest BCUT2D eigenvalue weighted by Crippen LogP contribution is 2.40. The molecule has 3 aromatic carbocycles. The maximum absolute atomic E-state index is 14.0. The fraction of sp³-hybridized carbons (Fsp3) is 0.269. The number of esters is 1. The highest BCUT2D eigenvalue weighted by atomic mass is 19.1. The van der Waals surface area contributed by atoms with Crippen LogP contribution >= 0.6 is 0 Å². The molecule has 0 saturated carbocycles. The first kappa shape index (κ1) is 20.1. The summed E-state index contributed by atoms with van der Waals surface area (Å²) in [6, 6.07) is 18.2. The Labute approximate surface area is 176 Å². The Bertz CT molecular complexity index is 1060. The molecule has 4 rings (SSSR count). The van der Waals surface area contributed by atoms with Crippen LogP contribution in [0.3, 0.4) is 0 Å². The van der Waals surface area contributed by atoms with E-state index in [9.17, 15) is 14.3 Å². The van der Waals surface area contributed by atoms with Gasteiger partial charge in [0.25, 0.3) is 0 Å². The van der Waals surface area contributed by atoms with Crippen LogP contribution in [0.15, 0.2) is 60.7 Å². The van der Waals surface area contributed by atoms with Gasteiger partial charge in [-0.3, -0.25) is 0 Å². The number of aromatic hydroxyl groups is 1. The van der Waals surface area contributed by atoms with Crippen LogP contribution in [0.5, 0.6) is 5.75 Å². The molecule has 3 nitrogen and oxygen atoms in total. The number of benzene rings is 3. The summed E-state index contributed by atoms with van der Waals surface area (Å²) in [5.74, 6) is -0.318. The molecular formula is C26H25FO3. The van der Waals surface area contributed by atoms with Gasteiger partial charge in [0.2, 0.25) is 0 Å². The molecule has 0 spiro atoms. The lowest BCUT2D eigenvalue weighted by molar-refractivity contribution is 0.0527. The predicted molar refractivity (Wildman–Crippen MR) is 115 cm³/mol. The predicted octanol–water partition coefficient (Wildman–Crippen LogP) is 5.72. The zero-order chi connectivity index (χ0) is 21.1. The Hall–Kier alpha value is -3.14. The third kappa shape index (κ3) is 4.09. The molecule has 1 unspecified atom stereocenters. The van der Waals surface area contributed by atoms with Crippen LogP contribution in [-0.4, -0.2) is 17.7 Å². The lowest BCUT2D eigenvalue weighted by Gasteiger charge is -2.26. The number of phenolic OH excluding ortho intramolecular Hbond substituents is 1. The molecule has 1 aliphatic carbocycles. The number of phenols is 1. The first-order chi connectivity index (χ1) is 14.6. The highest BCUT2D eigenvalue weighted by Gasteiger charge is 2.25. The average molecular weight is 404 g/mol. The molecule has 0 fully saturated rings. The smallest absolute Gasteiger partial charge is 0.338 e. The summed E-state index contributed by atoms with van der Waals surface area (Å²) in [7, 11) is 0. The number of halogens is 1. The Kier molecular flexibility index (Phi) is 5.84. The zero-order valence-corrected chi connectivity index (χ0v) is 17.0. The van der Waals surface area contributed by atoms with Crippen LogP contribution in [0.25, 0.3) is 11.1 Å². The van der Waals surface area contributed by atoms with Crippen LogP contribution < -0.4 is 0 Å². The molecule has 1 atom stereocenters. The summed E-state index contributed by atoms with van der Waals surface area (Å²) >= 11 is 0. The Morgan fingerprint density at radius 3 is 2.67 bits per heavy atom. The fourth-order valence-electron chi connectivity index (χ4n) is 4.37. The molecule has 30 heavy (non-hydrogen) atoms. The highest BCUT2D eigenvalue weighted by molar-refractivity contribution is 5.98. The van der Waals surface area contributed by atoms with Crippen molar-refractivity contribution < 1.29 is 19.0 Å². The number of carbonyl (C=O) groups excluding carboxylic acids is 1. The second-order valence-electron chi connectivity index (χ2n) is 7.81. The minimum atomic E-state index is -0.521. The molecule has 0 heterocycles. The maximum Gasteiger partial charge on any atom is 0.338 e. The minimum absolute atomic E-state index is 0.141. The lowest BCUT2D eigenvalue weighted by atomic mass is 9.79. The fourth-order valence-corrected chi connectivity index (χ4v) is 4.37. The third-order valence-electron chi connectivity index (χ3n) is 5.83. The summed E-state index contributed by atoms with van der Waals surface area (Å²) in [5.41, 5.74) is 4.43. The van der Waals surface area contributed by atoms with Crippen LogP contribution in [0.2, 0.25) is 0 Å². The molecule has 1 aliphatic rings. The van der Waals surface area contributed by atoms with Gasteiger partial charge in [-0.15, -0.1) is 0 Å². The van der Waals surface area contributed by atoms with Crippen molar-refractivity contribution in [3.63, 3.8) is 0 Å². The van der Waals surface area contributed by atoms with E-state index in [4.69, 9.17) is 4.74 Å². The van der Waals surface area contributed by atoms with Crippen molar-refractivity contribution in [3.8, 4) is 16.9 Å². The van der Waals surface area contributed by atoms with Gasteiger partial charge in [0.05, 0.1) is 12.2 Å². The van der Waals surface area contributed by atoms with E-state index in [1.54, 1.807) is 13.0 Å². The zero-order valence-electron chi connectivity index (χ0n) is 17.0. The molecule has 1 N–H and O–H groups in total. The van der Waals surface area contributed by atoms with Gasteiger partial charge in [-0.05, 0) is 73.4 Å². The molecule has 0 saturated heterocycles. The molecule has 0 aromatic heterocycles. The topological polar surface area (TPSA) is 46.5 Å². The monoisotopic (exact) mass is 404 g/mol. The van der Waals surface area contributed by atoms with E-state index < -0.39 is 11.8 Å². The normalized spacial score (nSPS) is 15.5. The molecule has 0 aliphatic heterocycles. The molecule has 0 bridgehead atoms. The van der Waals surface area contributed by atoms with Gasteiger partial charge in [-0.1, -0.05) is 42.5 Å². The number of fused-ring (bicyclic) bond motifs is 1. The van der Waals surface area contributed by atoms with Crippen LogP contribution in [0.4, 0.5) is 4.39 Å². The van der Waals surface area contributed by atoms with Gasteiger partial charge in [0.15, 0.2) is 0 Å². The molecule has 154 valence electrons. The quantitative estimate of drug-likeness (QED) is 0.553. The van der Waals surface area contributed by atoms with E-state index in [0.717, 1.165) is 36.8 Å². The number of hydrogen-bond acceptors (Lipinski definition) is 3. The summed E-state index contributed by atoms with van der Waals surface area (Å²) in [6.45, 7) is 1.96. The van der Waals surface area contributed by atoms with Crippen molar-refractivity contribution in [3.05, 3.63) is 88.7 Å². The van der Waals surface area contributed by atoms with E-state index in [1.807, 2.05) is 12.1 Å². The van der Waals surface area contributed by atoms with E-state index in [-0.39, 0.29) is 17.9 Å². The molecule has 4 heteroatoms. The second-order valence-corrected chi connectivity index (χ2v) is 7.81. The number of rotatable bonds is 5. The van der Waals surface area contributed by atoms with E-state index in [2.05, 4.69) is 24.3 Å². The largest absolute Gasteiger partial charge is 0.507 e. The number of ether oxygens (including phenoxy) is 1. The Morgan fingerprint density at radius 2 is 1.90 bits per heavy atom. The van der Waals surface area contributed by atoms with Crippen LogP contribution in [0.1, 0.15) is 40.4 Å². The van der Waals surface area contributed by atoms with E-state index in [1.165, 1.54) is 23.8 Å². The van der Waals surface area contributed by atoms with Crippen LogP contribution in [0, 0.1) is 11.7 Å². The van der Waals surface area contributed by atoms with Gasteiger partial charge >= 0.3 is 5.97 Å². The summed E-state index contributed by atoms with van der Waals surface area (Å²) in [4.78, 5) is 12.3. The molecule has 0 amide bonds. The van der Waals surface area contributed by atoms with Crippen molar-refractivity contribution in [2.75, 3.05) is 6.61 Å². The van der Waals surface area contributed by atoms with Crippen molar-refractivity contribution >= 4 is 5.97 Å². The Balaban J connectivity index is 1.65. The molecular weight excluding hydrogens is 379 g/mol. The average Bonchev–Trinajstić information content (AvgIpc) is 2.75. The van der Waals surface area contributed by atoms with Crippen molar-refractivity contribution in [1.82, 2.24) is 0 Å². The van der Waals surface area contributed by atoms with E-state index >= 15 is 0 Å². The first-order valence-corrected chi connectivity index (χ1v) is 10.4. The maximum atomic E-state index is 14.0. The summed E-state index contributed by atoms with van der Waals surface area (Å²) in [5, 5.41) is 11.0. The Morgan fingerprint density at radius 1 is 1.10 bits per heavy atom. The number of carbonyl (C=O) groups is 1. The van der Waals surface area contributed by atoms with Crippen molar-refractivity contribution in [2.24, 2.45) is 5.92 Å². The summed E-state index contributed by atoms with van der Waals surface area (Å²) in [6.07, 6.45) is 3.65.